The molecule has 1 aromatic heterocycles. The van der Waals surface area contributed by atoms with Crippen molar-refractivity contribution in [3.05, 3.63) is 77.4 Å². The molecule has 2 aromatic carbocycles. The van der Waals surface area contributed by atoms with Gasteiger partial charge in [0.1, 0.15) is 11.2 Å². The van der Waals surface area contributed by atoms with Crippen molar-refractivity contribution in [1.82, 2.24) is 14.2 Å². The third-order valence-electron chi connectivity index (χ3n) is 5.03. The summed E-state index contributed by atoms with van der Waals surface area (Å²) in [5.74, 6) is -0.145. The molecule has 0 aliphatic carbocycles. The molecule has 1 atom stereocenters. The second kappa shape index (κ2) is 9.24. The summed E-state index contributed by atoms with van der Waals surface area (Å²) < 4.78 is 5.36. The Morgan fingerprint density at radius 1 is 0.900 bits per heavy atom. The van der Waals surface area contributed by atoms with Crippen molar-refractivity contribution in [1.29, 1.82) is 0 Å². The summed E-state index contributed by atoms with van der Waals surface area (Å²) >= 11 is 4.37. The summed E-state index contributed by atoms with van der Waals surface area (Å²) in [4.78, 5) is 30.6. The van der Waals surface area contributed by atoms with E-state index in [1.54, 1.807) is 9.80 Å². The fraction of sp³-hybridized carbons (Fsp3) is 0.227. The summed E-state index contributed by atoms with van der Waals surface area (Å²) in [5, 5.41) is 0.744. The van der Waals surface area contributed by atoms with E-state index >= 15 is 0 Å². The van der Waals surface area contributed by atoms with E-state index in [0.29, 0.717) is 24.2 Å². The first-order valence-corrected chi connectivity index (χ1v) is 12.7. The molecular formula is C22H21N3O2S3. The van der Waals surface area contributed by atoms with Crippen LogP contribution in [0.1, 0.15) is 32.4 Å². The zero-order chi connectivity index (χ0) is 21.1. The van der Waals surface area contributed by atoms with E-state index in [9.17, 15) is 9.59 Å². The number of carbonyl (C=O) groups excluding carboxylic acids is 2. The van der Waals surface area contributed by atoms with Crippen molar-refractivity contribution in [2.24, 2.45) is 0 Å². The zero-order valence-corrected chi connectivity index (χ0v) is 19.1. The first-order valence-electron chi connectivity index (χ1n) is 9.45. The maximum Gasteiger partial charge on any atom is 0.260 e. The van der Waals surface area contributed by atoms with Crippen LogP contribution < -0.4 is 0 Å². The minimum atomic E-state index is -0.448. The fourth-order valence-corrected chi connectivity index (χ4v) is 5.91. The summed E-state index contributed by atoms with van der Waals surface area (Å²) in [6.45, 7) is 0.967. The smallest absolute Gasteiger partial charge is 0.260 e. The van der Waals surface area contributed by atoms with E-state index in [-0.39, 0.29) is 11.8 Å². The van der Waals surface area contributed by atoms with Gasteiger partial charge in [0.15, 0.2) is 0 Å². The van der Waals surface area contributed by atoms with Gasteiger partial charge in [-0.2, -0.15) is 4.37 Å². The average Bonchev–Trinajstić information content (AvgIpc) is 3.43. The van der Waals surface area contributed by atoms with Crippen molar-refractivity contribution >= 4 is 46.9 Å². The lowest BCUT2D eigenvalue weighted by molar-refractivity contribution is 0.0541. The van der Waals surface area contributed by atoms with Gasteiger partial charge in [-0.15, -0.1) is 23.5 Å². The van der Waals surface area contributed by atoms with Crippen molar-refractivity contribution < 1.29 is 9.59 Å². The highest BCUT2D eigenvalue weighted by atomic mass is 32.2. The Kier molecular flexibility index (Phi) is 6.46. The van der Waals surface area contributed by atoms with Gasteiger partial charge in [-0.3, -0.25) is 9.59 Å². The second-order valence-electron chi connectivity index (χ2n) is 6.71. The van der Waals surface area contributed by atoms with Crippen molar-refractivity contribution in [2.45, 2.75) is 15.4 Å². The van der Waals surface area contributed by atoms with E-state index in [1.165, 1.54) is 35.1 Å². The number of thioether (sulfide) groups is 2. The normalized spacial score (nSPS) is 16.1. The van der Waals surface area contributed by atoms with Gasteiger partial charge in [0.2, 0.25) is 0 Å². The molecule has 1 aliphatic rings. The number of rotatable bonds is 5. The van der Waals surface area contributed by atoms with Crippen LogP contribution in [0.15, 0.2) is 69.9 Å². The predicted octanol–water partition coefficient (Wildman–Crippen LogP) is 4.88. The quantitative estimate of drug-likeness (QED) is 0.513. The van der Waals surface area contributed by atoms with Crippen molar-refractivity contribution in [2.75, 3.05) is 25.6 Å². The van der Waals surface area contributed by atoms with Gasteiger partial charge in [-0.25, -0.2) is 0 Å². The van der Waals surface area contributed by atoms with Gasteiger partial charge in [-0.1, -0.05) is 48.5 Å². The van der Waals surface area contributed by atoms with Crippen LogP contribution in [0.2, 0.25) is 0 Å². The molecule has 4 rings (SSSR count). The van der Waals surface area contributed by atoms with E-state index in [0.717, 1.165) is 14.8 Å². The molecule has 1 aliphatic heterocycles. The maximum atomic E-state index is 13.7. The molecular weight excluding hydrogens is 434 g/mol. The molecule has 0 bridgehead atoms. The van der Waals surface area contributed by atoms with Crippen LogP contribution in [0.4, 0.5) is 0 Å². The van der Waals surface area contributed by atoms with Crippen LogP contribution in [-0.4, -0.2) is 51.6 Å². The molecule has 2 amide bonds. The Morgan fingerprint density at radius 3 is 2.10 bits per heavy atom. The van der Waals surface area contributed by atoms with E-state index in [2.05, 4.69) is 4.37 Å². The van der Waals surface area contributed by atoms with Crippen LogP contribution in [0.3, 0.4) is 0 Å². The van der Waals surface area contributed by atoms with Gasteiger partial charge < -0.3 is 9.80 Å². The molecule has 8 heteroatoms. The number of hydrogen-bond acceptors (Lipinski definition) is 6. The van der Waals surface area contributed by atoms with Crippen molar-refractivity contribution in [3.63, 3.8) is 0 Å². The summed E-state index contributed by atoms with van der Waals surface area (Å²) in [5.41, 5.74) is 2.20. The minimum absolute atomic E-state index is 0.0709. The number of amides is 2. The topological polar surface area (TPSA) is 53.5 Å². The lowest BCUT2D eigenvalue weighted by Crippen LogP contribution is -2.38. The summed E-state index contributed by atoms with van der Waals surface area (Å²) in [6, 6.07) is 19.0. The Balaban J connectivity index is 1.74. The molecule has 0 unspecified atom stereocenters. The molecule has 0 saturated carbocycles. The largest absolute Gasteiger partial charge is 0.312 e. The van der Waals surface area contributed by atoms with Gasteiger partial charge >= 0.3 is 0 Å². The van der Waals surface area contributed by atoms with Crippen LogP contribution >= 0.6 is 35.1 Å². The molecule has 0 radical (unpaired) electrons. The molecule has 1 fully saturated rings. The molecule has 0 spiro atoms. The second-order valence-corrected chi connectivity index (χ2v) is 9.35. The molecule has 30 heavy (non-hydrogen) atoms. The Hall–Kier alpha value is -2.29. The van der Waals surface area contributed by atoms with Gasteiger partial charge in [0.25, 0.3) is 11.8 Å². The molecule has 2 heterocycles. The van der Waals surface area contributed by atoms with E-state index < -0.39 is 6.17 Å². The molecule has 1 saturated heterocycles. The standard InChI is InChI=1S/C22H21N3O2S3/c1-28-18-17(22(29-2)30-23-18)21(27)25-14-13-24(19(25)15-9-5-3-6-10-15)20(26)16-11-7-4-8-12-16/h3-12,19H,13-14H2,1-2H3/t19-/m1/s1. The number of carbonyl (C=O) groups is 2. The minimum Gasteiger partial charge on any atom is -0.312 e. The van der Waals surface area contributed by atoms with Gasteiger partial charge in [-0.05, 0) is 41.7 Å². The van der Waals surface area contributed by atoms with Crippen LogP contribution in [0.25, 0.3) is 0 Å². The van der Waals surface area contributed by atoms with Crippen LogP contribution in [0.5, 0.6) is 0 Å². The summed E-state index contributed by atoms with van der Waals surface area (Å²) in [6.07, 6.45) is 3.44. The number of nitrogens with zero attached hydrogens (tertiary/aromatic N) is 3. The van der Waals surface area contributed by atoms with E-state index in [1.807, 2.05) is 73.2 Å². The zero-order valence-electron chi connectivity index (χ0n) is 16.6. The number of benzene rings is 2. The molecule has 0 N–H and O–H groups in total. The molecule has 5 nitrogen and oxygen atoms in total. The van der Waals surface area contributed by atoms with Crippen LogP contribution in [0, 0.1) is 0 Å². The molecule has 3 aromatic rings. The highest BCUT2D eigenvalue weighted by molar-refractivity contribution is 8.01. The summed E-state index contributed by atoms with van der Waals surface area (Å²) in [7, 11) is 0. The molecule has 154 valence electrons. The first-order chi connectivity index (χ1) is 14.7. The Bertz CT molecular complexity index is 1020. The third-order valence-corrected chi connectivity index (χ3v) is 7.77. The lowest BCUT2D eigenvalue weighted by atomic mass is 10.1. The van der Waals surface area contributed by atoms with E-state index in [4.69, 9.17) is 0 Å². The Morgan fingerprint density at radius 2 is 1.50 bits per heavy atom. The van der Waals surface area contributed by atoms with Crippen molar-refractivity contribution in [3.8, 4) is 0 Å². The lowest BCUT2D eigenvalue weighted by Gasteiger charge is -2.31. The predicted molar refractivity (Wildman–Crippen MR) is 123 cm³/mol. The average molecular weight is 456 g/mol. The third kappa shape index (κ3) is 3.87. The highest BCUT2D eigenvalue weighted by Crippen LogP contribution is 2.38. The fourth-order valence-electron chi connectivity index (χ4n) is 3.65. The van der Waals surface area contributed by atoms with Gasteiger partial charge in [0, 0.05) is 18.7 Å². The van der Waals surface area contributed by atoms with Gasteiger partial charge in [0.05, 0.1) is 9.77 Å². The highest BCUT2D eigenvalue weighted by Gasteiger charge is 2.41. The number of aromatic nitrogens is 1. The Labute approximate surface area is 188 Å². The maximum absolute atomic E-state index is 13.7. The monoisotopic (exact) mass is 455 g/mol. The van der Waals surface area contributed by atoms with Crippen LogP contribution in [-0.2, 0) is 0 Å². The first kappa shape index (κ1) is 21.0. The number of hydrogen-bond donors (Lipinski definition) is 0. The SMILES string of the molecule is CSc1nsc(SC)c1C(=O)N1CCN(C(=O)c2ccccc2)[C@H]1c1ccccc1.